The van der Waals surface area contributed by atoms with E-state index in [4.69, 9.17) is 0 Å². The lowest BCUT2D eigenvalue weighted by Crippen LogP contribution is -2.27. The maximum atomic E-state index is 13.7. The number of carbonyl (C=O) groups is 1. The highest BCUT2D eigenvalue weighted by molar-refractivity contribution is 9.10. The summed E-state index contributed by atoms with van der Waals surface area (Å²) >= 11 is 3.26. The van der Waals surface area contributed by atoms with Gasteiger partial charge in [0, 0.05) is 27.2 Å². The third kappa shape index (κ3) is 2.45. The van der Waals surface area contributed by atoms with Crippen molar-refractivity contribution in [2.24, 2.45) is 0 Å². The number of amides is 1. The first-order valence-electron chi connectivity index (χ1n) is 6.20. The molecule has 1 aliphatic rings. The highest BCUT2D eigenvalue weighted by Crippen LogP contribution is 2.34. The van der Waals surface area contributed by atoms with Gasteiger partial charge in [0.2, 0.25) is 0 Å². The Morgan fingerprint density at radius 2 is 1.95 bits per heavy atom. The molecule has 3 nitrogen and oxygen atoms in total. The first-order valence-corrected chi connectivity index (χ1v) is 6.99. The lowest BCUT2D eigenvalue weighted by atomic mass is 10.1. The van der Waals surface area contributed by atoms with E-state index in [-0.39, 0.29) is 18.0 Å². The molecule has 1 heterocycles. The number of benzene rings is 2. The smallest absolute Gasteiger partial charge is 0.256 e. The molecule has 1 amide bonds. The van der Waals surface area contributed by atoms with Crippen LogP contribution in [-0.4, -0.2) is 15.9 Å². The summed E-state index contributed by atoms with van der Waals surface area (Å²) in [5.41, 5.74) is 1.00. The van der Waals surface area contributed by atoms with Gasteiger partial charge >= 0.3 is 0 Å². The molecule has 2 aromatic rings. The van der Waals surface area contributed by atoms with Crippen molar-refractivity contribution >= 4 is 21.8 Å². The number of rotatable bonds is 2. The van der Waals surface area contributed by atoms with Crippen molar-refractivity contribution in [2.75, 3.05) is 0 Å². The second-order valence-corrected chi connectivity index (χ2v) is 5.69. The third-order valence-electron chi connectivity index (χ3n) is 3.44. The largest absolute Gasteiger partial charge is 0.369 e. The molecule has 0 saturated heterocycles. The molecule has 0 fully saturated rings. The van der Waals surface area contributed by atoms with E-state index in [1.807, 2.05) is 0 Å². The van der Waals surface area contributed by atoms with Gasteiger partial charge in [-0.25, -0.2) is 8.78 Å². The van der Waals surface area contributed by atoms with Crippen LogP contribution in [0.25, 0.3) is 0 Å². The molecule has 0 aliphatic carbocycles. The number of nitrogens with zero attached hydrogens (tertiary/aromatic N) is 1. The van der Waals surface area contributed by atoms with Gasteiger partial charge in [0.25, 0.3) is 5.91 Å². The van der Waals surface area contributed by atoms with Crippen LogP contribution in [0.1, 0.15) is 27.7 Å². The topological polar surface area (TPSA) is 40.5 Å². The minimum Gasteiger partial charge on any atom is -0.369 e. The van der Waals surface area contributed by atoms with Crippen molar-refractivity contribution in [3.05, 3.63) is 69.2 Å². The molecule has 1 atom stereocenters. The molecular weight excluding hydrogens is 344 g/mol. The summed E-state index contributed by atoms with van der Waals surface area (Å²) in [6, 6.07) is 8.12. The van der Waals surface area contributed by atoms with Gasteiger partial charge in [-0.05, 0) is 18.2 Å². The Morgan fingerprint density at radius 1 is 1.19 bits per heavy atom. The average Bonchev–Trinajstić information content (AvgIpc) is 2.66. The summed E-state index contributed by atoms with van der Waals surface area (Å²) in [6.07, 6.45) is -1.13. The first kappa shape index (κ1) is 14.2. The number of fused-ring (bicyclic) bond motifs is 1. The normalized spacial score (nSPS) is 17.2. The molecule has 1 aliphatic heterocycles. The fraction of sp³-hybridized carbons (Fsp3) is 0.133. The van der Waals surface area contributed by atoms with Crippen LogP contribution >= 0.6 is 15.9 Å². The quantitative estimate of drug-likeness (QED) is 0.899. The molecule has 0 saturated carbocycles. The zero-order chi connectivity index (χ0) is 15.1. The van der Waals surface area contributed by atoms with Crippen LogP contribution in [0.3, 0.4) is 0 Å². The van der Waals surface area contributed by atoms with Crippen molar-refractivity contribution < 1.29 is 18.7 Å². The molecule has 0 aromatic heterocycles. The molecule has 0 radical (unpaired) electrons. The Hall–Kier alpha value is -1.79. The minimum absolute atomic E-state index is 0.127. The summed E-state index contributed by atoms with van der Waals surface area (Å²) in [6.45, 7) is -0.127. The van der Waals surface area contributed by atoms with E-state index < -0.39 is 17.9 Å². The van der Waals surface area contributed by atoms with Gasteiger partial charge in [0.1, 0.15) is 11.6 Å². The van der Waals surface area contributed by atoms with Crippen LogP contribution in [0, 0.1) is 11.6 Å². The zero-order valence-corrected chi connectivity index (χ0v) is 12.3. The monoisotopic (exact) mass is 353 g/mol. The SMILES string of the molecule is O=C1c2cc(Br)ccc2C(O)N1Cc1ccc(F)cc1F. The summed E-state index contributed by atoms with van der Waals surface area (Å²) in [7, 11) is 0. The van der Waals surface area contributed by atoms with Crippen molar-refractivity contribution in [1.82, 2.24) is 4.90 Å². The van der Waals surface area contributed by atoms with E-state index >= 15 is 0 Å². The molecule has 0 bridgehead atoms. The number of aliphatic hydroxyl groups excluding tert-OH is 1. The van der Waals surface area contributed by atoms with Crippen LogP contribution < -0.4 is 0 Å². The molecule has 6 heteroatoms. The number of halogens is 3. The van der Waals surface area contributed by atoms with E-state index in [2.05, 4.69) is 15.9 Å². The minimum atomic E-state index is -1.13. The lowest BCUT2D eigenvalue weighted by Gasteiger charge is -2.21. The average molecular weight is 354 g/mol. The predicted octanol–water partition coefficient (Wildman–Crippen LogP) is 3.37. The highest BCUT2D eigenvalue weighted by atomic mass is 79.9. The van der Waals surface area contributed by atoms with Gasteiger partial charge in [-0.15, -0.1) is 0 Å². The molecule has 0 spiro atoms. The predicted molar refractivity (Wildman–Crippen MR) is 75.3 cm³/mol. The van der Waals surface area contributed by atoms with Gasteiger partial charge in [0.15, 0.2) is 6.23 Å². The fourth-order valence-electron chi connectivity index (χ4n) is 2.36. The first-order chi connectivity index (χ1) is 9.97. The zero-order valence-electron chi connectivity index (χ0n) is 10.7. The van der Waals surface area contributed by atoms with Gasteiger partial charge in [-0.2, -0.15) is 0 Å². The van der Waals surface area contributed by atoms with Crippen molar-refractivity contribution in [3.8, 4) is 0 Å². The van der Waals surface area contributed by atoms with E-state index in [9.17, 15) is 18.7 Å². The number of hydrogen-bond acceptors (Lipinski definition) is 2. The second-order valence-electron chi connectivity index (χ2n) is 4.77. The van der Waals surface area contributed by atoms with Crippen LogP contribution in [0.4, 0.5) is 8.78 Å². The maximum absolute atomic E-state index is 13.7. The molecule has 21 heavy (non-hydrogen) atoms. The van der Waals surface area contributed by atoms with Crippen LogP contribution in [0.15, 0.2) is 40.9 Å². The van der Waals surface area contributed by atoms with E-state index in [0.717, 1.165) is 21.5 Å². The fourth-order valence-corrected chi connectivity index (χ4v) is 2.73. The molecule has 108 valence electrons. The number of aliphatic hydroxyl groups is 1. The van der Waals surface area contributed by atoms with Crippen molar-refractivity contribution in [3.63, 3.8) is 0 Å². The molecule has 1 N–H and O–H groups in total. The van der Waals surface area contributed by atoms with E-state index in [0.29, 0.717) is 11.1 Å². The summed E-state index contributed by atoms with van der Waals surface area (Å²) < 4.78 is 27.3. The molecule has 1 unspecified atom stereocenters. The van der Waals surface area contributed by atoms with Gasteiger partial charge in [-0.3, -0.25) is 4.79 Å². The third-order valence-corrected chi connectivity index (χ3v) is 3.93. The van der Waals surface area contributed by atoms with Gasteiger partial charge in [-0.1, -0.05) is 28.1 Å². The Balaban J connectivity index is 1.93. The van der Waals surface area contributed by atoms with Gasteiger partial charge in [0.05, 0.1) is 6.54 Å². The Morgan fingerprint density at radius 3 is 2.67 bits per heavy atom. The van der Waals surface area contributed by atoms with Crippen molar-refractivity contribution in [2.45, 2.75) is 12.8 Å². The Kier molecular flexibility index (Phi) is 3.51. The second kappa shape index (κ2) is 5.20. The lowest BCUT2D eigenvalue weighted by molar-refractivity contribution is 0.0133. The standard InChI is InChI=1S/C15H10BrF2NO2/c16-9-2-4-11-12(5-9)15(21)19(14(11)20)7-8-1-3-10(17)6-13(8)18/h1-6,14,20H,7H2. The van der Waals surface area contributed by atoms with Crippen LogP contribution in [-0.2, 0) is 6.54 Å². The van der Waals surface area contributed by atoms with E-state index in [1.54, 1.807) is 18.2 Å². The molecular formula is C15H10BrF2NO2. The Bertz CT molecular complexity index is 736. The maximum Gasteiger partial charge on any atom is 0.256 e. The number of hydrogen-bond donors (Lipinski definition) is 1. The molecule has 3 rings (SSSR count). The van der Waals surface area contributed by atoms with E-state index in [1.165, 1.54) is 6.07 Å². The Labute approximate surface area is 127 Å². The summed E-state index contributed by atoms with van der Waals surface area (Å²) in [4.78, 5) is 13.4. The van der Waals surface area contributed by atoms with Crippen LogP contribution in [0.5, 0.6) is 0 Å². The van der Waals surface area contributed by atoms with Crippen molar-refractivity contribution in [1.29, 1.82) is 0 Å². The highest BCUT2D eigenvalue weighted by Gasteiger charge is 2.35. The summed E-state index contributed by atoms with van der Waals surface area (Å²) in [5, 5.41) is 10.2. The van der Waals surface area contributed by atoms with Crippen LogP contribution in [0.2, 0.25) is 0 Å². The van der Waals surface area contributed by atoms with Gasteiger partial charge < -0.3 is 10.0 Å². The summed E-state index contributed by atoms with van der Waals surface area (Å²) in [5.74, 6) is -1.81. The number of carbonyl (C=O) groups excluding carboxylic acids is 1. The molecule has 2 aromatic carbocycles.